The van der Waals surface area contributed by atoms with Crippen LogP contribution in [0.1, 0.15) is 19.4 Å². The highest BCUT2D eigenvalue weighted by Crippen LogP contribution is 2.25. The predicted octanol–water partition coefficient (Wildman–Crippen LogP) is 1.99. The van der Waals surface area contributed by atoms with Gasteiger partial charge < -0.3 is 14.3 Å². The van der Waals surface area contributed by atoms with E-state index in [1.54, 1.807) is 32.2 Å². The van der Waals surface area contributed by atoms with Crippen molar-refractivity contribution in [3.8, 4) is 11.5 Å². The Hall–Kier alpha value is -2.04. The average molecular weight is 237 g/mol. The van der Waals surface area contributed by atoms with Gasteiger partial charge in [-0.1, -0.05) is 5.16 Å². The van der Waals surface area contributed by atoms with E-state index in [2.05, 4.69) is 5.16 Å². The zero-order valence-corrected chi connectivity index (χ0v) is 10.3. The van der Waals surface area contributed by atoms with Crippen LogP contribution < -0.4 is 9.47 Å². The molecule has 0 amide bonds. The van der Waals surface area contributed by atoms with Crippen molar-refractivity contribution in [3.63, 3.8) is 0 Å². The normalized spacial score (nSPS) is 10.9. The highest BCUT2D eigenvalue weighted by atomic mass is 16.6. The summed E-state index contributed by atoms with van der Waals surface area (Å²) < 4.78 is 10.2. The fourth-order valence-electron chi connectivity index (χ4n) is 1.35. The van der Waals surface area contributed by atoms with Crippen LogP contribution in [0.5, 0.6) is 11.5 Å². The third-order valence-electron chi connectivity index (χ3n) is 2.06. The number of carbonyl (C=O) groups is 1. The van der Waals surface area contributed by atoms with Crippen LogP contribution in [-0.4, -0.2) is 25.9 Å². The van der Waals surface area contributed by atoms with E-state index in [4.69, 9.17) is 14.3 Å². The van der Waals surface area contributed by atoms with Crippen LogP contribution >= 0.6 is 0 Å². The highest BCUT2D eigenvalue weighted by molar-refractivity contribution is 6.01. The smallest absolute Gasteiger partial charge is 0.308 e. The first-order chi connectivity index (χ1) is 8.08. The van der Waals surface area contributed by atoms with E-state index in [0.29, 0.717) is 22.8 Å². The molecule has 0 bridgehead atoms. The van der Waals surface area contributed by atoms with E-state index < -0.39 is 0 Å². The van der Waals surface area contributed by atoms with Gasteiger partial charge in [0.2, 0.25) is 0 Å². The molecule has 0 radical (unpaired) electrons. The second-order valence-electron chi connectivity index (χ2n) is 3.32. The van der Waals surface area contributed by atoms with Crippen molar-refractivity contribution in [1.82, 2.24) is 0 Å². The van der Waals surface area contributed by atoms with Crippen LogP contribution in [0.2, 0.25) is 0 Å². The van der Waals surface area contributed by atoms with Gasteiger partial charge in [0.05, 0.1) is 12.8 Å². The summed E-state index contributed by atoms with van der Waals surface area (Å²) in [6, 6.07) is 5.10. The minimum atomic E-state index is -0.387. The number of rotatable bonds is 4. The molecule has 0 aliphatic rings. The Morgan fingerprint density at radius 2 is 1.94 bits per heavy atom. The molecular formula is C12H15NO4. The van der Waals surface area contributed by atoms with Crippen LogP contribution in [-0.2, 0) is 9.63 Å². The Bertz CT molecular complexity index is 440. The molecule has 1 aromatic rings. The molecule has 1 aromatic carbocycles. The van der Waals surface area contributed by atoms with Crippen molar-refractivity contribution < 1.29 is 19.1 Å². The quantitative estimate of drug-likeness (QED) is 0.348. The highest BCUT2D eigenvalue weighted by Gasteiger charge is 2.11. The van der Waals surface area contributed by atoms with Crippen LogP contribution in [0.25, 0.3) is 0 Å². The standard InChI is InChI=1S/C12H15NO4/c1-8(13-16-4)11-7-10(15-3)5-6-12(11)17-9(2)14/h5-7H,1-4H3/b13-8+. The lowest BCUT2D eigenvalue weighted by Crippen LogP contribution is -2.07. The van der Waals surface area contributed by atoms with Crippen LogP contribution in [0.3, 0.4) is 0 Å². The zero-order valence-electron chi connectivity index (χ0n) is 10.3. The Morgan fingerprint density at radius 1 is 1.24 bits per heavy atom. The number of esters is 1. The van der Waals surface area contributed by atoms with Gasteiger partial charge in [0.25, 0.3) is 0 Å². The second kappa shape index (κ2) is 5.89. The van der Waals surface area contributed by atoms with Crippen molar-refractivity contribution in [2.75, 3.05) is 14.2 Å². The minimum absolute atomic E-state index is 0.387. The molecule has 0 N–H and O–H groups in total. The van der Waals surface area contributed by atoms with Crippen molar-refractivity contribution in [2.24, 2.45) is 5.16 Å². The molecule has 0 aliphatic carbocycles. The van der Waals surface area contributed by atoms with Crippen LogP contribution in [0.4, 0.5) is 0 Å². The van der Waals surface area contributed by atoms with Gasteiger partial charge in [-0.05, 0) is 25.1 Å². The first kappa shape index (κ1) is 13.0. The van der Waals surface area contributed by atoms with E-state index in [1.165, 1.54) is 14.0 Å². The number of hydrogen-bond acceptors (Lipinski definition) is 5. The molecule has 5 heteroatoms. The lowest BCUT2D eigenvalue weighted by Gasteiger charge is -2.10. The molecule has 0 saturated heterocycles. The topological polar surface area (TPSA) is 57.1 Å². The maximum Gasteiger partial charge on any atom is 0.308 e. The summed E-state index contributed by atoms with van der Waals surface area (Å²) in [4.78, 5) is 15.7. The van der Waals surface area contributed by atoms with E-state index >= 15 is 0 Å². The van der Waals surface area contributed by atoms with Gasteiger partial charge in [-0.2, -0.15) is 0 Å². The summed E-state index contributed by atoms with van der Waals surface area (Å²) in [7, 11) is 3.02. The first-order valence-electron chi connectivity index (χ1n) is 5.03. The number of oxime groups is 1. The van der Waals surface area contributed by atoms with Crippen molar-refractivity contribution in [2.45, 2.75) is 13.8 Å². The van der Waals surface area contributed by atoms with Crippen LogP contribution in [0, 0.1) is 0 Å². The average Bonchev–Trinajstić information content (AvgIpc) is 2.29. The third kappa shape index (κ3) is 3.48. The number of carbonyl (C=O) groups excluding carboxylic acids is 1. The molecule has 5 nitrogen and oxygen atoms in total. The van der Waals surface area contributed by atoms with Gasteiger partial charge in [-0.15, -0.1) is 0 Å². The fourth-order valence-corrected chi connectivity index (χ4v) is 1.35. The van der Waals surface area contributed by atoms with E-state index in [-0.39, 0.29) is 5.97 Å². The SMILES string of the molecule is CO/N=C(\C)c1cc(OC)ccc1OC(C)=O. The molecule has 0 heterocycles. The lowest BCUT2D eigenvalue weighted by atomic mass is 10.1. The number of ether oxygens (including phenoxy) is 2. The molecule has 17 heavy (non-hydrogen) atoms. The Labute approximate surface area is 100.0 Å². The largest absolute Gasteiger partial charge is 0.497 e. The fraction of sp³-hybridized carbons (Fsp3) is 0.333. The van der Waals surface area contributed by atoms with Gasteiger partial charge in [0, 0.05) is 12.5 Å². The third-order valence-corrected chi connectivity index (χ3v) is 2.06. The number of nitrogens with zero attached hydrogens (tertiary/aromatic N) is 1. The maximum absolute atomic E-state index is 11.0. The molecular weight excluding hydrogens is 222 g/mol. The maximum atomic E-state index is 11.0. The van der Waals surface area contributed by atoms with Gasteiger partial charge in [0.1, 0.15) is 18.6 Å². The number of benzene rings is 1. The van der Waals surface area contributed by atoms with Gasteiger partial charge >= 0.3 is 5.97 Å². The minimum Gasteiger partial charge on any atom is -0.497 e. The summed E-state index contributed by atoms with van der Waals surface area (Å²) in [5.41, 5.74) is 1.25. The number of hydrogen-bond donors (Lipinski definition) is 0. The van der Waals surface area contributed by atoms with Gasteiger partial charge in [0.15, 0.2) is 0 Å². The summed E-state index contributed by atoms with van der Waals surface area (Å²) >= 11 is 0. The summed E-state index contributed by atoms with van der Waals surface area (Å²) in [5, 5.41) is 3.81. The van der Waals surface area contributed by atoms with Gasteiger partial charge in [-0.25, -0.2) is 0 Å². The van der Waals surface area contributed by atoms with E-state index in [9.17, 15) is 4.79 Å². The van der Waals surface area contributed by atoms with Crippen molar-refractivity contribution >= 4 is 11.7 Å². The number of methoxy groups -OCH3 is 1. The van der Waals surface area contributed by atoms with Crippen molar-refractivity contribution in [1.29, 1.82) is 0 Å². The summed E-state index contributed by atoms with van der Waals surface area (Å²) in [6.07, 6.45) is 0. The first-order valence-corrected chi connectivity index (χ1v) is 5.03. The summed E-state index contributed by atoms with van der Waals surface area (Å²) in [6.45, 7) is 3.10. The Kier molecular flexibility index (Phi) is 4.51. The molecule has 0 saturated carbocycles. The van der Waals surface area contributed by atoms with Crippen molar-refractivity contribution in [3.05, 3.63) is 23.8 Å². The van der Waals surface area contributed by atoms with Crippen LogP contribution in [0.15, 0.2) is 23.4 Å². The molecule has 0 aromatic heterocycles. The molecule has 1 rings (SSSR count). The lowest BCUT2D eigenvalue weighted by molar-refractivity contribution is -0.131. The summed E-state index contributed by atoms with van der Waals surface area (Å²) in [5.74, 6) is 0.694. The molecule has 0 aliphatic heterocycles. The Balaban J connectivity index is 3.20. The molecule has 0 unspecified atom stereocenters. The zero-order chi connectivity index (χ0) is 12.8. The Morgan fingerprint density at radius 3 is 2.47 bits per heavy atom. The predicted molar refractivity (Wildman–Crippen MR) is 63.5 cm³/mol. The van der Waals surface area contributed by atoms with E-state index in [1.807, 2.05) is 0 Å². The molecule has 0 atom stereocenters. The van der Waals surface area contributed by atoms with E-state index in [0.717, 1.165) is 0 Å². The van der Waals surface area contributed by atoms with Gasteiger partial charge in [-0.3, -0.25) is 4.79 Å². The molecule has 0 spiro atoms. The molecule has 0 fully saturated rings. The monoisotopic (exact) mass is 237 g/mol. The second-order valence-corrected chi connectivity index (χ2v) is 3.32. The molecule has 92 valence electrons.